The fourth-order valence-electron chi connectivity index (χ4n) is 1.37. The van der Waals surface area contributed by atoms with E-state index in [1.807, 2.05) is 0 Å². The van der Waals surface area contributed by atoms with Gasteiger partial charge in [-0.3, -0.25) is 0 Å². The van der Waals surface area contributed by atoms with Crippen LogP contribution in [0.4, 0.5) is 0 Å². The predicted octanol–water partition coefficient (Wildman–Crippen LogP) is 1.79. The third kappa shape index (κ3) is 2.35. The van der Waals surface area contributed by atoms with Crippen LogP contribution in [0.25, 0.3) is 0 Å². The van der Waals surface area contributed by atoms with Crippen LogP contribution in [0.2, 0.25) is 0 Å². The summed E-state index contributed by atoms with van der Waals surface area (Å²) in [5.74, 6) is 0.608. The molecule has 1 fully saturated rings. The maximum Gasteiger partial charge on any atom is 0.0264 e. The Bertz CT molecular complexity index is 114. The van der Waals surface area contributed by atoms with Crippen molar-refractivity contribution < 1.29 is 2.74 Å². The lowest BCUT2D eigenvalue weighted by Gasteiger charge is -2.21. The zero-order valence-electron chi connectivity index (χ0n) is 8.11. The van der Waals surface area contributed by atoms with E-state index in [1.54, 1.807) is 6.92 Å². The highest BCUT2D eigenvalue weighted by atomic mass is 14.9. The number of hydrogen-bond donors (Lipinski definition) is 1. The highest BCUT2D eigenvalue weighted by Crippen LogP contribution is 2.16. The Morgan fingerprint density at radius 1 is 1.56 bits per heavy atom. The molecule has 1 nitrogen and oxygen atoms in total. The first-order valence-corrected chi connectivity index (χ1v) is 3.79. The monoisotopic (exact) mass is 129 g/mol. The van der Waals surface area contributed by atoms with Gasteiger partial charge < -0.3 is 5.32 Å². The topological polar surface area (TPSA) is 12.0 Å². The fourth-order valence-corrected chi connectivity index (χ4v) is 1.37. The summed E-state index contributed by atoms with van der Waals surface area (Å²) in [5, 5.41) is 3.28. The molecule has 1 saturated heterocycles. The molecule has 0 bridgehead atoms. The van der Waals surface area contributed by atoms with Gasteiger partial charge in [-0.2, -0.15) is 0 Å². The van der Waals surface area contributed by atoms with Crippen molar-refractivity contribution >= 4 is 0 Å². The highest BCUT2D eigenvalue weighted by Gasteiger charge is 2.10. The average molecular weight is 129 g/mol. The van der Waals surface area contributed by atoms with Crippen LogP contribution in [-0.4, -0.2) is 13.1 Å². The molecule has 1 aliphatic rings. The van der Waals surface area contributed by atoms with Crippen LogP contribution >= 0.6 is 0 Å². The van der Waals surface area contributed by atoms with Crippen LogP contribution in [-0.2, 0) is 0 Å². The minimum Gasteiger partial charge on any atom is -0.317 e. The Kier molecular flexibility index (Phi) is 2.04. The first-order valence-electron chi connectivity index (χ1n) is 4.79. The van der Waals surface area contributed by atoms with Gasteiger partial charge in [-0.15, -0.1) is 0 Å². The van der Waals surface area contributed by atoms with Crippen molar-refractivity contribution in [3.05, 3.63) is 0 Å². The van der Waals surface area contributed by atoms with Gasteiger partial charge in [0.2, 0.25) is 0 Å². The lowest BCUT2D eigenvalue weighted by atomic mass is 9.94. The molecule has 0 aromatic heterocycles. The summed E-state index contributed by atoms with van der Waals surface area (Å²) >= 11 is 0. The van der Waals surface area contributed by atoms with E-state index in [0.717, 1.165) is 32.4 Å². The number of hydrogen-bond acceptors (Lipinski definition) is 1. The van der Waals surface area contributed by atoms with E-state index in [9.17, 15) is 0 Å². The zero-order chi connectivity index (χ0) is 8.32. The summed E-state index contributed by atoms with van der Waals surface area (Å²) in [6.07, 6.45) is 2.05. The molecule has 1 heteroatoms. The van der Waals surface area contributed by atoms with Crippen molar-refractivity contribution in [3.63, 3.8) is 0 Å². The Morgan fingerprint density at radius 3 is 2.78 bits per heavy atom. The molecule has 0 unspecified atom stereocenters. The molecule has 0 atom stereocenters. The molecule has 1 heterocycles. The van der Waals surface area contributed by atoms with Gasteiger partial charge in [-0.1, -0.05) is 19.7 Å². The second-order valence-electron chi connectivity index (χ2n) is 2.75. The normalized spacial score (nSPS) is 27.2. The Morgan fingerprint density at radius 2 is 2.22 bits per heavy atom. The molecule has 0 spiro atoms. The van der Waals surface area contributed by atoms with Crippen LogP contribution in [0.15, 0.2) is 0 Å². The number of nitrogens with one attached hydrogen (secondary N) is 1. The van der Waals surface area contributed by atoms with E-state index in [1.165, 1.54) is 0 Å². The van der Waals surface area contributed by atoms with Crippen molar-refractivity contribution in [2.75, 3.05) is 13.1 Å². The number of piperidine rings is 1. The zero-order valence-corrected chi connectivity index (χ0v) is 6.11. The number of rotatable bonds is 2. The molecule has 0 aromatic carbocycles. The van der Waals surface area contributed by atoms with Crippen LogP contribution in [0.3, 0.4) is 0 Å². The first kappa shape index (κ1) is 4.73. The van der Waals surface area contributed by atoms with Gasteiger partial charge in [0.15, 0.2) is 0 Å². The van der Waals surface area contributed by atoms with E-state index in [-0.39, 0.29) is 0 Å². The lowest BCUT2D eigenvalue weighted by molar-refractivity contribution is 0.351. The minimum atomic E-state index is -0.970. The Hall–Kier alpha value is -0.0400. The predicted molar refractivity (Wildman–Crippen MR) is 40.5 cm³/mol. The quantitative estimate of drug-likeness (QED) is 0.599. The molecule has 1 N–H and O–H groups in total. The maximum absolute atomic E-state index is 7.41. The van der Waals surface area contributed by atoms with Crippen molar-refractivity contribution in [3.8, 4) is 0 Å². The van der Waals surface area contributed by atoms with Gasteiger partial charge in [-0.05, 0) is 31.8 Å². The minimum absolute atomic E-state index is 0.608. The van der Waals surface area contributed by atoms with E-state index in [0.29, 0.717) is 5.92 Å². The van der Waals surface area contributed by atoms with Crippen molar-refractivity contribution in [2.24, 2.45) is 5.92 Å². The van der Waals surface area contributed by atoms with Gasteiger partial charge in [0.05, 0.1) is 0 Å². The van der Waals surface area contributed by atoms with Gasteiger partial charge in [0.25, 0.3) is 0 Å². The second kappa shape index (κ2) is 3.89. The van der Waals surface area contributed by atoms with Crippen molar-refractivity contribution in [2.45, 2.75) is 32.6 Å². The smallest absolute Gasteiger partial charge is 0.0264 e. The molecule has 1 rings (SSSR count). The van der Waals surface area contributed by atoms with Crippen molar-refractivity contribution in [1.82, 2.24) is 5.32 Å². The Balaban J connectivity index is 2.24. The molecular weight excluding hydrogens is 110 g/mol. The molecule has 0 aromatic rings. The molecule has 0 amide bonds. The van der Waals surface area contributed by atoms with Gasteiger partial charge in [-0.25, -0.2) is 0 Å². The summed E-state index contributed by atoms with van der Waals surface area (Å²) in [6.45, 7) is 3.82. The third-order valence-corrected chi connectivity index (χ3v) is 1.95. The summed E-state index contributed by atoms with van der Waals surface area (Å²) in [7, 11) is 0. The molecule has 54 valence electrons. The average Bonchev–Trinajstić information content (AvgIpc) is 1.85. The first-order chi connectivity index (χ1) is 5.08. The van der Waals surface area contributed by atoms with E-state index < -0.39 is 6.37 Å². The van der Waals surface area contributed by atoms with E-state index >= 15 is 0 Å². The lowest BCUT2D eigenvalue weighted by Crippen LogP contribution is -2.27. The van der Waals surface area contributed by atoms with Crippen LogP contribution in [0.5, 0.6) is 0 Å². The maximum atomic E-state index is 7.41. The summed E-state index contributed by atoms with van der Waals surface area (Å²) in [4.78, 5) is 0. The van der Waals surface area contributed by atoms with Gasteiger partial charge in [0.1, 0.15) is 0 Å². The largest absolute Gasteiger partial charge is 0.317 e. The standard InChI is InChI=1S/C8H17N/c1-2-3-8-4-6-9-7-5-8/h8-9H,2-7H2,1H3/i2D2. The van der Waals surface area contributed by atoms with Crippen LogP contribution in [0.1, 0.15) is 35.3 Å². The highest BCUT2D eigenvalue weighted by molar-refractivity contribution is 4.67. The summed E-state index contributed by atoms with van der Waals surface area (Å²) in [5.41, 5.74) is 0. The SMILES string of the molecule is [2H]C([2H])(C)CC1CCNCC1. The molecule has 0 saturated carbocycles. The van der Waals surface area contributed by atoms with E-state index in [4.69, 9.17) is 2.74 Å². The van der Waals surface area contributed by atoms with Crippen molar-refractivity contribution in [1.29, 1.82) is 0 Å². The summed E-state index contributed by atoms with van der Waals surface area (Å²) < 4.78 is 14.8. The Labute approximate surface area is 60.6 Å². The molecule has 1 aliphatic heterocycles. The third-order valence-electron chi connectivity index (χ3n) is 1.95. The molecule has 9 heavy (non-hydrogen) atoms. The van der Waals surface area contributed by atoms with Gasteiger partial charge >= 0.3 is 0 Å². The molecule has 0 aliphatic carbocycles. The van der Waals surface area contributed by atoms with Gasteiger partial charge in [0, 0.05) is 2.74 Å². The van der Waals surface area contributed by atoms with E-state index in [2.05, 4.69) is 5.32 Å². The fraction of sp³-hybridized carbons (Fsp3) is 1.00. The van der Waals surface area contributed by atoms with Crippen LogP contribution in [0, 0.1) is 5.92 Å². The second-order valence-corrected chi connectivity index (χ2v) is 2.75. The molecule has 0 radical (unpaired) electrons. The molecular formula is C8H17N. The summed E-state index contributed by atoms with van der Waals surface area (Å²) in [6, 6.07) is 0. The van der Waals surface area contributed by atoms with Crippen LogP contribution < -0.4 is 5.32 Å².